The van der Waals surface area contributed by atoms with Crippen LogP contribution in [0.15, 0.2) is 0 Å². The minimum Gasteiger partial charge on any atom is -0.328 e. The van der Waals surface area contributed by atoms with Gasteiger partial charge >= 0.3 is 0 Å². The fourth-order valence-corrected chi connectivity index (χ4v) is 9.72. The highest BCUT2D eigenvalue weighted by Gasteiger charge is 2.48. The molecule has 0 radical (unpaired) electrons. The van der Waals surface area contributed by atoms with Gasteiger partial charge in [0.1, 0.15) is 0 Å². The lowest BCUT2D eigenvalue weighted by atomic mass is 10.2. The Kier molecular flexibility index (Phi) is 8.52. The lowest BCUT2D eigenvalue weighted by Gasteiger charge is -2.40. The maximum Gasteiger partial charge on any atom is 0.213 e. The maximum absolute atomic E-state index is 13.4. The second-order valence-electron chi connectivity index (χ2n) is 11.2. The number of hydrogen-bond acceptors (Lipinski definition) is 4. The van der Waals surface area contributed by atoms with Gasteiger partial charge in [-0.1, -0.05) is 83.1 Å². The van der Waals surface area contributed by atoms with Gasteiger partial charge in [0.2, 0.25) is 14.7 Å². The van der Waals surface area contributed by atoms with Gasteiger partial charge in [-0.25, -0.2) is 0 Å². The summed E-state index contributed by atoms with van der Waals surface area (Å²) in [6.45, 7) is 24.6. The second kappa shape index (κ2) is 8.40. The van der Waals surface area contributed by atoms with Crippen molar-refractivity contribution in [2.75, 3.05) is 13.2 Å². The first-order valence-electron chi connectivity index (χ1n) is 9.70. The van der Waals surface area contributed by atoms with Crippen LogP contribution in [0.1, 0.15) is 95.9 Å². The van der Waals surface area contributed by atoms with Crippen LogP contribution in [0.5, 0.6) is 0 Å². The van der Waals surface area contributed by atoms with Crippen LogP contribution in [0.2, 0.25) is 0 Å². The molecule has 6 heteroatoms. The van der Waals surface area contributed by atoms with E-state index in [1.807, 2.05) is 83.1 Å². The molecular formula is C20H44O4P2. The van der Waals surface area contributed by atoms with Gasteiger partial charge < -0.3 is 9.05 Å². The van der Waals surface area contributed by atoms with Crippen molar-refractivity contribution in [2.24, 2.45) is 0 Å². The van der Waals surface area contributed by atoms with Gasteiger partial charge in [0.15, 0.2) is 0 Å². The predicted molar refractivity (Wildman–Crippen MR) is 115 cm³/mol. The Morgan fingerprint density at radius 3 is 0.846 bits per heavy atom. The van der Waals surface area contributed by atoms with Crippen molar-refractivity contribution in [3.63, 3.8) is 0 Å². The Morgan fingerprint density at radius 1 is 0.500 bits per heavy atom. The van der Waals surface area contributed by atoms with Crippen molar-refractivity contribution in [2.45, 2.75) is 117 Å². The summed E-state index contributed by atoms with van der Waals surface area (Å²) in [6, 6.07) is 0. The van der Waals surface area contributed by atoms with Crippen LogP contribution in [0.25, 0.3) is 0 Å². The largest absolute Gasteiger partial charge is 0.328 e. The Balaban J connectivity index is 4.75. The zero-order valence-corrected chi connectivity index (χ0v) is 21.1. The fourth-order valence-electron chi connectivity index (χ4n) is 3.38. The lowest BCUT2D eigenvalue weighted by molar-refractivity contribution is 0.243. The molecule has 0 saturated heterocycles. The molecule has 0 rings (SSSR count). The summed E-state index contributed by atoms with van der Waals surface area (Å²) < 4.78 is 38.7. The third-order valence-corrected chi connectivity index (χ3v) is 12.8. The van der Waals surface area contributed by atoms with E-state index in [0.717, 1.165) is 12.8 Å². The molecule has 0 unspecified atom stereocenters. The third kappa shape index (κ3) is 5.94. The summed E-state index contributed by atoms with van der Waals surface area (Å²) in [5.74, 6) is 0. The summed E-state index contributed by atoms with van der Waals surface area (Å²) in [7, 11) is -5.63. The van der Waals surface area contributed by atoms with Crippen molar-refractivity contribution in [3.05, 3.63) is 0 Å². The van der Waals surface area contributed by atoms with Crippen LogP contribution in [0.3, 0.4) is 0 Å². The molecule has 0 aromatic carbocycles. The molecule has 0 aromatic rings. The van der Waals surface area contributed by atoms with Gasteiger partial charge in [0, 0.05) is 20.6 Å². The highest BCUT2D eigenvalue weighted by atomic mass is 31.2. The Hall–Kier alpha value is 0.380. The molecule has 0 N–H and O–H groups in total. The maximum atomic E-state index is 13.4. The van der Waals surface area contributed by atoms with E-state index in [1.54, 1.807) is 0 Å². The van der Waals surface area contributed by atoms with Crippen LogP contribution in [0, 0.1) is 0 Å². The molecule has 0 saturated carbocycles. The minimum absolute atomic E-state index is 0.393. The van der Waals surface area contributed by atoms with Crippen LogP contribution in [-0.4, -0.2) is 33.8 Å². The SMILES string of the molecule is CC(C)(C)P(=O)(OCCCCOP(=O)(C(C)(C)C)C(C)(C)C)C(C)(C)C. The fraction of sp³-hybridized carbons (Fsp3) is 1.00. The highest BCUT2D eigenvalue weighted by Crippen LogP contribution is 2.68. The number of unbranched alkanes of at least 4 members (excludes halogenated alkanes) is 1. The average molecular weight is 411 g/mol. The van der Waals surface area contributed by atoms with Crippen LogP contribution < -0.4 is 0 Å². The van der Waals surface area contributed by atoms with E-state index >= 15 is 0 Å². The van der Waals surface area contributed by atoms with Crippen molar-refractivity contribution in [1.82, 2.24) is 0 Å². The van der Waals surface area contributed by atoms with Gasteiger partial charge in [-0.3, -0.25) is 9.13 Å². The van der Waals surface area contributed by atoms with E-state index in [4.69, 9.17) is 9.05 Å². The summed E-state index contributed by atoms with van der Waals surface area (Å²) in [4.78, 5) is 0. The molecule has 0 atom stereocenters. The van der Waals surface area contributed by atoms with Gasteiger partial charge in [-0.2, -0.15) is 0 Å². The van der Waals surface area contributed by atoms with Crippen LogP contribution >= 0.6 is 14.7 Å². The molecule has 26 heavy (non-hydrogen) atoms. The van der Waals surface area contributed by atoms with Crippen molar-refractivity contribution < 1.29 is 18.2 Å². The molecular weight excluding hydrogens is 366 g/mol. The van der Waals surface area contributed by atoms with E-state index < -0.39 is 35.4 Å². The van der Waals surface area contributed by atoms with E-state index in [2.05, 4.69) is 0 Å². The minimum atomic E-state index is -2.82. The molecule has 4 nitrogen and oxygen atoms in total. The summed E-state index contributed by atoms with van der Waals surface area (Å²) in [5, 5.41) is -1.57. The molecule has 0 fully saturated rings. The molecule has 0 heterocycles. The summed E-state index contributed by atoms with van der Waals surface area (Å²) in [6.07, 6.45) is 1.48. The van der Waals surface area contributed by atoms with E-state index in [0.29, 0.717) is 13.2 Å². The number of hydrogen-bond donors (Lipinski definition) is 0. The van der Waals surface area contributed by atoms with Crippen LogP contribution in [0.4, 0.5) is 0 Å². The standard InChI is InChI=1S/C20H44O4P2/c1-17(2,3)25(21,18(4,5)6)23-15-13-14-16-24-26(22,19(7,8)9)20(10,11)12/h13-16H2,1-12H3. The topological polar surface area (TPSA) is 52.6 Å². The van der Waals surface area contributed by atoms with Crippen molar-refractivity contribution in [1.29, 1.82) is 0 Å². The molecule has 0 spiro atoms. The normalized spacial score (nSPS) is 15.4. The van der Waals surface area contributed by atoms with Gasteiger partial charge in [-0.05, 0) is 12.8 Å². The molecule has 0 aromatic heterocycles. The lowest BCUT2D eigenvalue weighted by Crippen LogP contribution is -2.30. The van der Waals surface area contributed by atoms with Gasteiger partial charge in [0.05, 0.1) is 13.2 Å². The molecule has 158 valence electrons. The molecule has 0 aliphatic carbocycles. The summed E-state index contributed by atoms with van der Waals surface area (Å²) in [5.41, 5.74) is 0. The monoisotopic (exact) mass is 410 g/mol. The first-order valence-corrected chi connectivity index (χ1v) is 13.0. The molecule has 0 aliphatic rings. The van der Waals surface area contributed by atoms with Crippen molar-refractivity contribution in [3.8, 4) is 0 Å². The van der Waals surface area contributed by atoms with Gasteiger partial charge in [-0.15, -0.1) is 0 Å². The van der Waals surface area contributed by atoms with E-state index in [9.17, 15) is 9.13 Å². The molecule has 0 bridgehead atoms. The first kappa shape index (κ1) is 26.4. The molecule has 0 amide bonds. The quantitative estimate of drug-likeness (QED) is 0.321. The predicted octanol–water partition coefficient (Wildman–Crippen LogP) is 7.55. The van der Waals surface area contributed by atoms with E-state index in [1.165, 1.54) is 0 Å². The molecule has 0 aliphatic heterocycles. The average Bonchev–Trinajstić information content (AvgIpc) is 2.36. The number of rotatable bonds is 7. The van der Waals surface area contributed by atoms with E-state index in [-0.39, 0.29) is 0 Å². The van der Waals surface area contributed by atoms with Crippen LogP contribution in [-0.2, 0) is 18.2 Å². The Bertz CT molecular complexity index is 454. The Morgan fingerprint density at radius 2 is 0.692 bits per heavy atom. The smallest absolute Gasteiger partial charge is 0.213 e. The highest BCUT2D eigenvalue weighted by molar-refractivity contribution is 7.62. The summed E-state index contributed by atoms with van der Waals surface area (Å²) >= 11 is 0. The second-order valence-corrected chi connectivity index (χ2v) is 19.2. The zero-order chi connectivity index (χ0) is 21.2. The first-order chi connectivity index (χ1) is 11.2. The van der Waals surface area contributed by atoms with Gasteiger partial charge in [0.25, 0.3) is 0 Å². The Labute approximate surface area is 163 Å². The van der Waals surface area contributed by atoms with Crippen molar-refractivity contribution >= 4 is 14.7 Å². The zero-order valence-electron chi connectivity index (χ0n) is 19.4. The third-order valence-electron chi connectivity index (χ3n) is 4.62.